The molecule has 0 aliphatic carbocycles. The molecule has 1 atom stereocenters. The minimum atomic E-state index is -0.0539. The van der Waals surface area contributed by atoms with Crippen LogP contribution in [0.25, 0.3) is 11.0 Å². The van der Waals surface area contributed by atoms with E-state index in [1.165, 1.54) is 0 Å². The Hall–Kier alpha value is -2.25. The van der Waals surface area contributed by atoms with Gasteiger partial charge in [0.05, 0.1) is 6.21 Å². The van der Waals surface area contributed by atoms with Gasteiger partial charge in [-0.1, -0.05) is 25.1 Å². The normalized spacial score (nSPS) is 18.1. The van der Waals surface area contributed by atoms with Crippen molar-refractivity contribution >= 4 is 29.4 Å². The highest BCUT2D eigenvalue weighted by Gasteiger charge is 2.23. The maximum atomic E-state index is 5.90. The van der Waals surface area contributed by atoms with Crippen molar-refractivity contribution in [1.82, 2.24) is 14.9 Å². The zero-order chi connectivity index (χ0) is 16.5. The summed E-state index contributed by atoms with van der Waals surface area (Å²) in [5, 5.41) is 12.7. The van der Waals surface area contributed by atoms with Gasteiger partial charge in [-0.15, -0.1) is 0 Å². The van der Waals surface area contributed by atoms with E-state index in [1.807, 2.05) is 24.3 Å². The third-order valence-corrected chi connectivity index (χ3v) is 4.49. The number of rotatable bonds is 4. The number of nitrogens with one attached hydrogen (secondary N) is 1. The molecular weight excluding hydrogens is 324 g/mol. The third kappa shape index (κ3) is 2.59. The van der Waals surface area contributed by atoms with Crippen molar-refractivity contribution in [3.8, 4) is 0 Å². The first-order valence-corrected chi connectivity index (χ1v) is 8.52. The quantitative estimate of drug-likeness (QED) is 0.575. The summed E-state index contributed by atoms with van der Waals surface area (Å²) >= 11 is 5.31. The highest BCUT2D eigenvalue weighted by molar-refractivity contribution is 7.71. The van der Waals surface area contributed by atoms with Gasteiger partial charge in [0.25, 0.3) is 0 Å². The first kappa shape index (κ1) is 15.3. The third-order valence-electron chi connectivity index (χ3n) is 4.23. The zero-order valence-corrected chi connectivity index (χ0v) is 14.2. The molecule has 6 nitrogen and oxygen atoms in total. The SMILES string of the molecule is CCc1oc2ccccc2c1/C=N\n1c([C@@H]2CCCO2)n[nH]c1=S. The van der Waals surface area contributed by atoms with Crippen molar-refractivity contribution in [2.75, 3.05) is 6.61 Å². The minimum absolute atomic E-state index is 0.0539. The molecule has 0 saturated carbocycles. The lowest BCUT2D eigenvalue weighted by atomic mass is 10.1. The van der Waals surface area contributed by atoms with E-state index in [0.717, 1.165) is 54.0 Å². The largest absolute Gasteiger partial charge is 0.460 e. The van der Waals surface area contributed by atoms with Crippen LogP contribution in [-0.4, -0.2) is 27.7 Å². The summed E-state index contributed by atoms with van der Waals surface area (Å²) in [6, 6.07) is 7.96. The van der Waals surface area contributed by atoms with Gasteiger partial charge in [-0.05, 0) is 31.1 Å². The Morgan fingerprint density at radius 3 is 3.12 bits per heavy atom. The number of aromatic nitrogens is 3. The summed E-state index contributed by atoms with van der Waals surface area (Å²) in [6.07, 6.45) is 4.51. The smallest absolute Gasteiger partial charge is 0.216 e. The molecule has 124 valence electrons. The molecule has 1 aromatic carbocycles. The van der Waals surface area contributed by atoms with Crippen molar-refractivity contribution in [3.63, 3.8) is 0 Å². The van der Waals surface area contributed by atoms with Crippen molar-refractivity contribution in [2.24, 2.45) is 5.10 Å². The van der Waals surface area contributed by atoms with Crippen LogP contribution in [0.1, 0.15) is 43.0 Å². The number of fused-ring (bicyclic) bond motifs is 1. The Morgan fingerprint density at radius 2 is 2.33 bits per heavy atom. The molecule has 1 aliphatic rings. The summed E-state index contributed by atoms with van der Waals surface area (Å²) in [4.78, 5) is 0. The fourth-order valence-corrected chi connectivity index (χ4v) is 3.23. The van der Waals surface area contributed by atoms with Crippen LogP contribution in [0.3, 0.4) is 0 Å². The standard InChI is InChI=1S/C17H18N4O2S/c1-2-13-12(11-6-3-4-7-14(11)23-13)10-18-21-16(19-20-17(21)24)15-8-5-9-22-15/h3-4,6-7,10,15H,2,5,8-9H2,1H3,(H,20,24)/b18-10-/t15-/m0/s1. The zero-order valence-electron chi connectivity index (χ0n) is 13.4. The van der Waals surface area contributed by atoms with E-state index < -0.39 is 0 Å². The fraction of sp³-hybridized carbons (Fsp3) is 0.353. The van der Waals surface area contributed by atoms with Crippen molar-refractivity contribution in [2.45, 2.75) is 32.3 Å². The Labute approximate surface area is 144 Å². The molecule has 1 saturated heterocycles. The second-order valence-electron chi connectivity index (χ2n) is 5.73. The average molecular weight is 342 g/mol. The number of hydrogen-bond acceptors (Lipinski definition) is 5. The molecule has 3 heterocycles. The Balaban J connectivity index is 1.76. The van der Waals surface area contributed by atoms with Gasteiger partial charge in [-0.25, -0.2) is 0 Å². The number of aromatic amines is 1. The molecule has 4 rings (SSSR count). The van der Waals surface area contributed by atoms with Gasteiger partial charge in [-0.2, -0.15) is 14.9 Å². The van der Waals surface area contributed by atoms with E-state index in [4.69, 9.17) is 21.4 Å². The van der Waals surface area contributed by atoms with Crippen LogP contribution in [0.5, 0.6) is 0 Å². The summed E-state index contributed by atoms with van der Waals surface area (Å²) in [6.45, 7) is 2.82. The second-order valence-corrected chi connectivity index (χ2v) is 6.12. The monoisotopic (exact) mass is 342 g/mol. The molecule has 3 aromatic rings. The van der Waals surface area contributed by atoms with Gasteiger partial charge in [-0.3, -0.25) is 5.10 Å². The summed E-state index contributed by atoms with van der Waals surface area (Å²) in [5.41, 5.74) is 1.85. The predicted octanol–water partition coefficient (Wildman–Crippen LogP) is 3.98. The number of aryl methyl sites for hydroxylation is 1. The Morgan fingerprint density at radius 1 is 1.46 bits per heavy atom. The van der Waals surface area contributed by atoms with Gasteiger partial charge in [0.15, 0.2) is 5.82 Å². The molecule has 1 fully saturated rings. The van der Waals surface area contributed by atoms with Gasteiger partial charge in [0, 0.05) is 24.0 Å². The predicted molar refractivity (Wildman–Crippen MR) is 93.9 cm³/mol. The molecule has 7 heteroatoms. The maximum absolute atomic E-state index is 5.90. The number of hydrogen-bond donors (Lipinski definition) is 1. The second kappa shape index (κ2) is 6.33. The van der Waals surface area contributed by atoms with Crippen LogP contribution in [0.2, 0.25) is 0 Å². The molecular formula is C17H18N4O2S. The van der Waals surface area contributed by atoms with Gasteiger partial charge in [0.2, 0.25) is 4.77 Å². The van der Waals surface area contributed by atoms with Gasteiger partial charge < -0.3 is 9.15 Å². The van der Waals surface area contributed by atoms with E-state index >= 15 is 0 Å². The lowest BCUT2D eigenvalue weighted by Crippen LogP contribution is -2.05. The van der Waals surface area contributed by atoms with Crippen LogP contribution in [0.15, 0.2) is 33.8 Å². The molecule has 0 amide bonds. The number of nitrogens with zero attached hydrogens (tertiary/aromatic N) is 3. The van der Waals surface area contributed by atoms with Crippen LogP contribution in [-0.2, 0) is 11.2 Å². The van der Waals surface area contributed by atoms with Crippen LogP contribution >= 0.6 is 12.2 Å². The maximum Gasteiger partial charge on any atom is 0.216 e. The number of H-pyrrole nitrogens is 1. The lowest BCUT2D eigenvalue weighted by molar-refractivity contribution is 0.102. The minimum Gasteiger partial charge on any atom is -0.460 e. The number of ether oxygens (including phenoxy) is 1. The molecule has 1 aliphatic heterocycles. The topological polar surface area (TPSA) is 68.3 Å². The number of benzene rings is 1. The molecule has 1 N–H and O–H groups in total. The van der Waals surface area contributed by atoms with E-state index in [-0.39, 0.29) is 6.10 Å². The average Bonchev–Trinajstić information content (AvgIpc) is 3.31. The Bertz CT molecular complexity index is 947. The molecule has 0 bridgehead atoms. The van der Waals surface area contributed by atoms with Crippen LogP contribution in [0, 0.1) is 4.77 Å². The van der Waals surface area contributed by atoms with Gasteiger partial charge >= 0.3 is 0 Å². The molecule has 0 spiro atoms. The molecule has 24 heavy (non-hydrogen) atoms. The van der Waals surface area contributed by atoms with Crippen LogP contribution < -0.4 is 0 Å². The van der Waals surface area contributed by atoms with E-state index in [2.05, 4.69) is 22.2 Å². The lowest BCUT2D eigenvalue weighted by Gasteiger charge is -2.07. The van der Waals surface area contributed by atoms with Gasteiger partial charge in [0.1, 0.15) is 17.4 Å². The summed E-state index contributed by atoms with van der Waals surface area (Å²) in [7, 11) is 0. The molecule has 0 unspecified atom stereocenters. The highest BCUT2D eigenvalue weighted by atomic mass is 32.1. The Kier molecular flexibility index (Phi) is 4.03. The van der Waals surface area contributed by atoms with Crippen molar-refractivity contribution in [1.29, 1.82) is 0 Å². The van der Waals surface area contributed by atoms with E-state index in [1.54, 1.807) is 10.9 Å². The molecule has 0 radical (unpaired) electrons. The first-order chi connectivity index (χ1) is 11.8. The van der Waals surface area contributed by atoms with E-state index in [9.17, 15) is 0 Å². The molecule has 2 aromatic heterocycles. The number of para-hydroxylation sites is 1. The number of furan rings is 1. The first-order valence-electron chi connectivity index (χ1n) is 8.11. The highest BCUT2D eigenvalue weighted by Crippen LogP contribution is 2.28. The summed E-state index contributed by atoms with van der Waals surface area (Å²) in [5.74, 6) is 1.63. The van der Waals surface area contributed by atoms with Crippen molar-refractivity contribution < 1.29 is 9.15 Å². The summed E-state index contributed by atoms with van der Waals surface area (Å²) < 4.78 is 13.7. The van der Waals surface area contributed by atoms with E-state index in [0.29, 0.717) is 4.77 Å². The fourth-order valence-electron chi connectivity index (χ4n) is 3.04. The van der Waals surface area contributed by atoms with Crippen molar-refractivity contribution in [3.05, 3.63) is 46.2 Å². The van der Waals surface area contributed by atoms with Crippen LogP contribution in [0.4, 0.5) is 0 Å².